The summed E-state index contributed by atoms with van der Waals surface area (Å²) < 4.78 is 0. The van der Waals surface area contributed by atoms with Crippen molar-refractivity contribution in [3.63, 3.8) is 0 Å². The fourth-order valence-electron chi connectivity index (χ4n) is 1.60. The molecule has 5 nitrogen and oxygen atoms in total. The lowest BCUT2D eigenvalue weighted by molar-refractivity contribution is -0.140. The number of carboxylic acid groups (broad SMARTS) is 1. The second-order valence-electron chi connectivity index (χ2n) is 5.06. The maximum Gasteiger partial charge on any atom is 0.326 e. The van der Waals surface area contributed by atoms with E-state index in [4.69, 9.17) is 5.11 Å². The molecule has 0 spiro atoms. The Kier molecular flexibility index (Phi) is 7.39. The second-order valence-corrected chi connectivity index (χ2v) is 5.06. The summed E-state index contributed by atoms with van der Waals surface area (Å²) in [6, 6.07) is -1.12. The zero-order chi connectivity index (χ0) is 14.3. The van der Waals surface area contributed by atoms with Crippen LogP contribution in [-0.4, -0.2) is 41.1 Å². The van der Waals surface area contributed by atoms with Crippen molar-refractivity contribution in [1.82, 2.24) is 10.2 Å². The van der Waals surface area contributed by atoms with Crippen molar-refractivity contribution in [2.45, 2.75) is 47.1 Å². The largest absolute Gasteiger partial charge is 0.480 e. The number of carbonyl (C=O) groups excluding carboxylic acids is 1. The maximum absolute atomic E-state index is 12.0. The van der Waals surface area contributed by atoms with E-state index in [1.807, 2.05) is 6.92 Å². The Bertz CT molecular complexity index is 279. The highest BCUT2D eigenvalue weighted by Gasteiger charge is 2.25. The maximum atomic E-state index is 12.0. The fraction of sp³-hybridized carbons (Fsp3) is 0.846. The van der Waals surface area contributed by atoms with E-state index in [2.05, 4.69) is 19.2 Å². The van der Waals surface area contributed by atoms with E-state index >= 15 is 0 Å². The van der Waals surface area contributed by atoms with E-state index < -0.39 is 12.0 Å². The zero-order valence-corrected chi connectivity index (χ0v) is 12.1. The number of hydrogen-bond donors (Lipinski definition) is 2. The van der Waals surface area contributed by atoms with Gasteiger partial charge in [0.2, 0.25) is 0 Å². The van der Waals surface area contributed by atoms with Gasteiger partial charge in [-0.3, -0.25) is 0 Å². The molecule has 18 heavy (non-hydrogen) atoms. The number of nitrogens with zero attached hydrogens (tertiary/aromatic N) is 1. The van der Waals surface area contributed by atoms with Gasteiger partial charge in [-0.15, -0.1) is 0 Å². The van der Waals surface area contributed by atoms with E-state index in [9.17, 15) is 9.59 Å². The van der Waals surface area contributed by atoms with E-state index in [0.29, 0.717) is 19.0 Å². The van der Waals surface area contributed by atoms with Gasteiger partial charge in [0.15, 0.2) is 0 Å². The third-order valence-electron chi connectivity index (χ3n) is 3.11. The summed E-state index contributed by atoms with van der Waals surface area (Å²) in [5, 5.41) is 11.6. The number of carboxylic acids is 1. The predicted octanol–water partition coefficient (Wildman–Crippen LogP) is 2.17. The van der Waals surface area contributed by atoms with Crippen molar-refractivity contribution in [1.29, 1.82) is 0 Å². The summed E-state index contributed by atoms with van der Waals surface area (Å²) in [4.78, 5) is 24.7. The molecule has 0 aliphatic carbocycles. The van der Waals surface area contributed by atoms with Gasteiger partial charge in [-0.25, -0.2) is 9.59 Å². The molecule has 0 rings (SSSR count). The summed E-state index contributed by atoms with van der Waals surface area (Å²) >= 11 is 0. The van der Waals surface area contributed by atoms with Crippen LogP contribution in [0.15, 0.2) is 0 Å². The molecule has 0 aliphatic heterocycles. The SMILES string of the molecule is CCC(C)CN(CC)C(=O)N[C@H](C(=O)O)C(C)C. The van der Waals surface area contributed by atoms with Crippen LogP contribution in [0, 0.1) is 11.8 Å². The molecule has 1 unspecified atom stereocenters. The van der Waals surface area contributed by atoms with Crippen LogP contribution in [0.2, 0.25) is 0 Å². The summed E-state index contributed by atoms with van der Waals surface area (Å²) in [5.74, 6) is -0.704. The Hall–Kier alpha value is -1.26. The first kappa shape index (κ1) is 16.7. The lowest BCUT2D eigenvalue weighted by Crippen LogP contribution is -2.50. The molecule has 0 aromatic heterocycles. The molecule has 2 atom stereocenters. The number of nitrogens with one attached hydrogen (secondary N) is 1. The van der Waals surface area contributed by atoms with Gasteiger partial charge in [0.05, 0.1) is 0 Å². The lowest BCUT2D eigenvalue weighted by Gasteiger charge is -2.27. The monoisotopic (exact) mass is 258 g/mol. The summed E-state index contributed by atoms with van der Waals surface area (Å²) in [6.45, 7) is 10.8. The van der Waals surface area contributed by atoms with E-state index in [1.54, 1.807) is 18.7 Å². The molecule has 0 radical (unpaired) electrons. The standard InChI is InChI=1S/C13H26N2O3/c1-6-10(5)8-15(7-2)13(18)14-11(9(3)4)12(16)17/h9-11H,6-8H2,1-5H3,(H,14,18)(H,16,17)/t10?,11-/m0/s1. The van der Waals surface area contributed by atoms with Gasteiger partial charge >= 0.3 is 12.0 Å². The van der Waals surface area contributed by atoms with Crippen molar-refractivity contribution < 1.29 is 14.7 Å². The molecule has 0 heterocycles. The highest BCUT2D eigenvalue weighted by molar-refractivity contribution is 5.82. The normalized spacial score (nSPS) is 14.1. The molecular weight excluding hydrogens is 232 g/mol. The van der Waals surface area contributed by atoms with Crippen LogP contribution < -0.4 is 5.32 Å². The Balaban J connectivity index is 4.55. The summed E-state index contributed by atoms with van der Waals surface area (Å²) in [5.41, 5.74) is 0. The minimum absolute atomic E-state index is 0.131. The molecular formula is C13H26N2O3. The van der Waals surface area contributed by atoms with E-state index in [1.165, 1.54) is 0 Å². The zero-order valence-electron chi connectivity index (χ0n) is 12.1. The minimum Gasteiger partial charge on any atom is -0.480 e. The molecule has 2 N–H and O–H groups in total. The average Bonchev–Trinajstić information content (AvgIpc) is 2.31. The molecule has 106 valence electrons. The van der Waals surface area contributed by atoms with Crippen LogP contribution in [-0.2, 0) is 4.79 Å². The summed E-state index contributed by atoms with van der Waals surface area (Å²) in [7, 11) is 0. The fourth-order valence-corrected chi connectivity index (χ4v) is 1.60. The summed E-state index contributed by atoms with van der Waals surface area (Å²) in [6.07, 6.45) is 0.996. The quantitative estimate of drug-likeness (QED) is 0.735. The first-order chi connectivity index (χ1) is 8.33. The van der Waals surface area contributed by atoms with Crippen molar-refractivity contribution >= 4 is 12.0 Å². The Morgan fingerprint density at radius 2 is 1.78 bits per heavy atom. The van der Waals surface area contributed by atoms with Crippen molar-refractivity contribution in [3.05, 3.63) is 0 Å². The van der Waals surface area contributed by atoms with Gasteiger partial charge in [0.25, 0.3) is 0 Å². The van der Waals surface area contributed by atoms with Gasteiger partial charge in [0.1, 0.15) is 6.04 Å². The first-order valence-electron chi connectivity index (χ1n) is 6.61. The van der Waals surface area contributed by atoms with E-state index in [0.717, 1.165) is 6.42 Å². The number of amides is 2. The van der Waals surface area contributed by atoms with Crippen molar-refractivity contribution in [3.8, 4) is 0 Å². The molecule has 0 fully saturated rings. The average molecular weight is 258 g/mol. The number of rotatable bonds is 7. The van der Waals surface area contributed by atoms with Gasteiger partial charge in [-0.05, 0) is 18.8 Å². The minimum atomic E-state index is -0.988. The topological polar surface area (TPSA) is 69.6 Å². The molecule has 5 heteroatoms. The van der Waals surface area contributed by atoms with Crippen LogP contribution in [0.25, 0.3) is 0 Å². The lowest BCUT2D eigenvalue weighted by atomic mass is 10.1. The molecule has 0 aliphatic rings. The molecule has 0 bridgehead atoms. The number of aliphatic carboxylic acids is 1. The van der Waals surface area contributed by atoms with Crippen molar-refractivity contribution in [2.75, 3.05) is 13.1 Å². The molecule has 2 amide bonds. The van der Waals surface area contributed by atoms with Crippen LogP contribution >= 0.6 is 0 Å². The Morgan fingerprint density at radius 1 is 1.22 bits per heavy atom. The van der Waals surface area contributed by atoms with Crippen LogP contribution in [0.3, 0.4) is 0 Å². The Morgan fingerprint density at radius 3 is 2.11 bits per heavy atom. The third-order valence-corrected chi connectivity index (χ3v) is 3.11. The molecule has 0 aromatic rings. The molecule has 0 saturated carbocycles. The number of hydrogen-bond acceptors (Lipinski definition) is 2. The van der Waals surface area contributed by atoms with E-state index in [-0.39, 0.29) is 11.9 Å². The highest BCUT2D eigenvalue weighted by atomic mass is 16.4. The van der Waals surface area contributed by atoms with Crippen LogP contribution in [0.4, 0.5) is 4.79 Å². The van der Waals surface area contributed by atoms with Crippen LogP contribution in [0.5, 0.6) is 0 Å². The number of urea groups is 1. The van der Waals surface area contributed by atoms with Crippen LogP contribution in [0.1, 0.15) is 41.0 Å². The third kappa shape index (κ3) is 5.38. The van der Waals surface area contributed by atoms with Gasteiger partial charge < -0.3 is 15.3 Å². The highest BCUT2D eigenvalue weighted by Crippen LogP contribution is 2.07. The van der Waals surface area contributed by atoms with Gasteiger partial charge in [-0.2, -0.15) is 0 Å². The van der Waals surface area contributed by atoms with Gasteiger partial charge in [0, 0.05) is 13.1 Å². The predicted molar refractivity (Wildman–Crippen MR) is 71.5 cm³/mol. The second kappa shape index (κ2) is 7.95. The smallest absolute Gasteiger partial charge is 0.326 e. The Labute approximate surface area is 110 Å². The molecule has 0 saturated heterocycles. The van der Waals surface area contributed by atoms with Crippen molar-refractivity contribution in [2.24, 2.45) is 11.8 Å². The molecule has 0 aromatic carbocycles. The van der Waals surface area contributed by atoms with Gasteiger partial charge in [-0.1, -0.05) is 34.1 Å². The first-order valence-corrected chi connectivity index (χ1v) is 6.61. The number of carbonyl (C=O) groups is 2.